The van der Waals surface area contributed by atoms with E-state index in [4.69, 9.17) is 9.47 Å². The summed E-state index contributed by atoms with van der Waals surface area (Å²) in [6.07, 6.45) is 12.6. The van der Waals surface area contributed by atoms with E-state index in [0.29, 0.717) is 66.8 Å². The van der Waals surface area contributed by atoms with Crippen LogP contribution in [0.5, 0.6) is 46.0 Å². The summed E-state index contributed by atoms with van der Waals surface area (Å²) in [7, 11) is 0. The molecule has 4 aliphatic rings. The van der Waals surface area contributed by atoms with E-state index >= 15 is 0 Å². The third-order valence-electron chi connectivity index (χ3n) is 27.1. The van der Waals surface area contributed by atoms with Crippen LogP contribution in [0.25, 0.3) is 0 Å². The summed E-state index contributed by atoms with van der Waals surface area (Å²) in [5.41, 5.74) is -1.11. The van der Waals surface area contributed by atoms with Gasteiger partial charge in [0.25, 0.3) is 22.2 Å². The minimum absolute atomic E-state index is 0. The van der Waals surface area contributed by atoms with Crippen molar-refractivity contribution in [1.29, 1.82) is 0 Å². The van der Waals surface area contributed by atoms with E-state index in [2.05, 4.69) is 19.9 Å². The third kappa shape index (κ3) is 29.8. The summed E-state index contributed by atoms with van der Waals surface area (Å²) in [5, 5.41) is 145. The Balaban J connectivity index is 0.000000810. The molecule has 0 saturated carbocycles. The van der Waals surface area contributed by atoms with Crippen molar-refractivity contribution in [3.05, 3.63) is 254 Å². The van der Waals surface area contributed by atoms with Crippen molar-refractivity contribution in [2.75, 3.05) is 26.4 Å². The first-order valence-electron chi connectivity index (χ1n) is 48.3. The van der Waals surface area contributed by atoms with Crippen LogP contribution >= 0.6 is 0 Å². The summed E-state index contributed by atoms with van der Waals surface area (Å²) in [5.74, 6) is -2.16. The first kappa shape index (κ1) is 131. The minimum atomic E-state index is -0.770. The molecular weight excluding hydrogens is 1910 g/mol. The van der Waals surface area contributed by atoms with Crippen LogP contribution in [-0.4, -0.2) is 152 Å². The molecule has 0 amide bonds. The summed E-state index contributed by atoms with van der Waals surface area (Å²) in [6.45, 7) is 86.4. The van der Waals surface area contributed by atoms with Crippen molar-refractivity contribution in [1.82, 2.24) is 19.9 Å². The fraction of sp³-hybridized carbons (Fsp3) is 0.571. The molecule has 32 heteroatoms. The Labute approximate surface area is 878 Å². The zero-order chi connectivity index (χ0) is 111. The van der Waals surface area contributed by atoms with E-state index < -0.39 is 44.3 Å². The van der Waals surface area contributed by atoms with Crippen LogP contribution in [0.4, 0.5) is 0 Å². The molecule has 0 atom stereocenters. The standard InChI is InChI=1S/4C14H22O2.4C12H16N3O2.2C4H10O.2Mn/c4*1-13(2,3)9-7-8-10(14(4,5)6)12(16)11(9)15;4*1-11(2)12(3,4)15(17)10(14(11)16)9-5-7-13-8-6-9;2*1-3-5-4-2;;/h4*7-8,15-16H,1-6H3;4*5-8H,1-4H3;2*3-4H2,1-2H3;;/q;;;;4*+1;;;2*+2/p-8. The van der Waals surface area contributed by atoms with Gasteiger partial charge in [-0.3, -0.25) is 19.9 Å². The molecule has 12 rings (SSSR count). The van der Waals surface area contributed by atoms with E-state index in [1.807, 2.05) is 194 Å². The Morgan fingerprint density at radius 3 is 0.389 bits per heavy atom. The van der Waals surface area contributed by atoms with E-state index in [-0.39, 0.29) is 147 Å². The van der Waals surface area contributed by atoms with E-state index in [0.717, 1.165) is 64.4 Å². The zero-order valence-electron chi connectivity index (χ0n) is 94.2. The Morgan fingerprint density at radius 1 is 0.215 bits per heavy atom. The Kier molecular flexibility index (Phi) is 44.7. The molecule has 0 N–H and O–H groups in total. The second-order valence-electron chi connectivity index (χ2n) is 47.9. The van der Waals surface area contributed by atoms with Crippen LogP contribution in [0.3, 0.4) is 0 Å². The number of rotatable bonds is 8. The summed E-state index contributed by atoms with van der Waals surface area (Å²) in [6, 6.07) is 27.7. The molecule has 30 nitrogen and oxygen atoms in total. The van der Waals surface area contributed by atoms with Gasteiger partial charge >= 0.3 is 57.5 Å². The van der Waals surface area contributed by atoms with Crippen LogP contribution in [-0.2, 0) is 86.9 Å². The van der Waals surface area contributed by atoms with Gasteiger partial charge in [0, 0.05) is 206 Å². The maximum Gasteiger partial charge on any atom is 2.00 e. The molecule has 4 aliphatic heterocycles. The van der Waals surface area contributed by atoms with Crippen molar-refractivity contribution in [2.24, 2.45) is 0 Å². The van der Waals surface area contributed by atoms with Gasteiger partial charge in [-0.15, -0.1) is 65.0 Å². The third-order valence-corrected chi connectivity index (χ3v) is 27.1. The van der Waals surface area contributed by atoms with Crippen molar-refractivity contribution >= 4 is 23.3 Å². The molecule has 0 unspecified atom stereocenters. The smallest absolute Gasteiger partial charge is 0.873 e. The summed E-state index contributed by atoms with van der Waals surface area (Å²) in [4.78, 5) is 64.6. The Bertz CT molecular complexity index is 4970. The van der Waals surface area contributed by atoms with Gasteiger partial charge in [0.15, 0.2) is 0 Å². The Hall–Kier alpha value is -10.9. The maximum absolute atomic E-state index is 12.3. The Morgan fingerprint density at radius 2 is 0.319 bits per heavy atom. The number of nitroso groups, excluding NO2 is 4. The van der Waals surface area contributed by atoms with Crippen molar-refractivity contribution < 1.29 is 122 Å². The molecule has 4 aromatic heterocycles. The van der Waals surface area contributed by atoms with Crippen LogP contribution in [0.1, 0.15) is 371 Å². The molecule has 0 bridgehead atoms. The molecule has 0 fully saturated rings. The van der Waals surface area contributed by atoms with Crippen LogP contribution in [0, 0.1) is 40.5 Å². The number of ether oxygens (including phenoxy) is 2. The van der Waals surface area contributed by atoms with Crippen molar-refractivity contribution in [3.63, 3.8) is 0 Å². The van der Waals surface area contributed by atoms with E-state index in [1.165, 1.54) is 0 Å². The fourth-order valence-electron chi connectivity index (χ4n) is 14.8. The molecule has 2 radical (unpaired) electrons. The molecule has 8 aromatic rings. The summed E-state index contributed by atoms with van der Waals surface area (Å²) < 4.78 is 16.1. The van der Waals surface area contributed by atoms with Crippen LogP contribution in [0.15, 0.2) is 147 Å². The molecule has 4 aromatic carbocycles. The zero-order valence-corrected chi connectivity index (χ0v) is 96.5. The molecule has 0 spiro atoms. The number of hydrogen-bond donors (Lipinski definition) is 0. The van der Waals surface area contributed by atoms with Gasteiger partial charge in [0.1, 0.15) is 41.3 Å². The molecule has 144 heavy (non-hydrogen) atoms. The normalized spacial score (nSPS) is 16.7. The number of aromatic nitrogens is 4. The minimum Gasteiger partial charge on any atom is -0.873 e. The molecule has 8 heterocycles. The number of amidine groups is 4. The number of hydrogen-bond acceptors (Lipinski definition) is 22. The number of nitrogens with zero attached hydrogens (tertiary/aromatic N) is 12. The van der Waals surface area contributed by atoms with Crippen LogP contribution < -0.4 is 40.9 Å². The molecule has 794 valence electrons. The summed E-state index contributed by atoms with van der Waals surface area (Å²) >= 11 is 0. The van der Waals surface area contributed by atoms with E-state index in [9.17, 15) is 81.3 Å². The average molecular weight is 2080 g/mol. The van der Waals surface area contributed by atoms with E-state index in [1.54, 1.807) is 257 Å². The average Bonchev–Trinajstić information content (AvgIpc) is 1.59. The fourth-order valence-corrected chi connectivity index (χ4v) is 14.8. The SMILES string of the molecule is CC(C)(C)c1ccc(C(C)(C)C)c([O-])c1[O-].CC(C)(C)c1ccc(C(C)(C)C)c([O-])c1[O-].CC(C)(C)c1ccc(C(C)(C)C)c([O-])c1[O-].CC(C)(C)c1ccc(C(C)(C)C)c([O-])c1[O-].CC1(C)[N+](=O)C(c2ccncc2)=[N+]([O-])C1(C)C.CC1(C)[N+](=O)C(c2ccncc2)=[N+]([O-])C1(C)C.CC1(C)[N+](=O)C(c2ccncc2)=[N+]([O-])C1(C)C.CC1(C)[N+](=O)C(c2ccncc2)=[N+]([O-])C1(C)C.CCOCC.CCOCC.[Mn+2].[Mn+2]. The topological polar surface area (TPSA) is 439 Å². The number of hydroxylamine groups is 4. The maximum atomic E-state index is 12.3. The number of benzene rings is 4. The second kappa shape index (κ2) is 49.1. The van der Waals surface area contributed by atoms with Gasteiger partial charge in [-0.1, -0.05) is 259 Å². The molecule has 0 saturated heterocycles. The van der Waals surface area contributed by atoms with Gasteiger partial charge in [0.05, 0.1) is 0 Å². The van der Waals surface area contributed by atoms with Gasteiger partial charge in [-0.25, -0.2) is 0 Å². The molecule has 0 aliphatic carbocycles. The van der Waals surface area contributed by atoms with Gasteiger partial charge in [-0.2, -0.15) is 0 Å². The predicted octanol–water partition coefficient (Wildman–Crippen LogP) is 18.5. The number of pyridine rings is 4. The van der Waals surface area contributed by atoms with Gasteiger partial charge < -0.3 is 71.2 Å². The van der Waals surface area contributed by atoms with Crippen molar-refractivity contribution in [3.8, 4) is 46.0 Å². The molecular formula is C112H164Mn2N12O18. The quantitative estimate of drug-likeness (QED) is 0.0774. The van der Waals surface area contributed by atoms with Crippen molar-refractivity contribution in [2.45, 2.75) is 392 Å². The first-order valence-corrected chi connectivity index (χ1v) is 48.3. The monoisotopic (exact) mass is 2080 g/mol. The second-order valence-corrected chi connectivity index (χ2v) is 47.9. The van der Waals surface area contributed by atoms with Gasteiger partial charge in [0.2, 0.25) is 22.2 Å². The largest absolute Gasteiger partial charge is 2.00 e. The predicted molar refractivity (Wildman–Crippen MR) is 550 cm³/mol. The van der Waals surface area contributed by atoms with Crippen LogP contribution in [0.2, 0.25) is 0 Å². The first-order chi connectivity index (χ1) is 64.2. The van der Waals surface area contributed by atoms with Gasteiger partial charge in [-0.05, 0) is 120 Å².